The van der Waals surface area contributed by atoms with Crippen molar-refractivity contribution in [3.05, 3.63) is 41.7 Å². The van der Waals surface area contributed by atoms with Crippen molar-refractivity contribution in [1.29, 1.82) is 0 Å². The van der Waals surface area contributed by atoms with E-state index in [-0.39, 0.29) is 17.4 Å². The summed E-state index contributed by atoms with van der Waals surface area (Å²) in [5.74, 6) is -0.987. The standard InChI is InChI=1S/C14H11N3O3/c1-7-10-11(15-6-16-12(10)17-13(7)18)8-3-2-4-9(5-8)14(19)20/h2-7H,1H3,(H,19,20)(H,15,16,17,18). The molecule has 20 heavy (non-hydrogen) atoms. The van der Waals surface area contributed by atoms with Gasteiger partial charge in [0.2, 0.25) is 5.91 Å². The first-order valence-electron chi connectivity index (χ1n) is 6.07. The molecule has 6 nitrogen and oxygen atoms in total. The number of nitrogens with zero attached hydrogens (tertiary/aromatic N) is 2. The lowest BCUT2D eigenvalue weighted by Gasteiger charge is -2.08. The van der Waals surface area contributed by atoms with E-state index in [9.17, 15) is 9.59 Å². The van der Waals surface area contributed by atoms with Gasteiger partial charge in [0.1, 0.15) is 12.1 Å². The summed E-state index contributed by atoms with van der Waals surface area (Å²) in [6, 6.07) is 6.48. The monoisotopic (exact) mass is 269 g/mol. The maximum Gasteiger partial charge on any atom is 0.335 e. The number of fused-ring (bicyclic) bond motifs is 1. The van der Waals surface area contributed by atoms with Crippen molar-refractivity contribution in [1.82, 2.24) is 9.97 Å². The maximum atomic E-state index is 11.7. The smallest absolute Gasteiger partial charge is 0.335 e. The molecule has 3 rings (SSSR count). The third-order valence-corrected chi connectivity index (χ3v) is 3.33. The van der Waals surface area contributed by atoms with Crippen LogP contribution in [0.4, 0.5) is 5.82 Å². The first-order chi connectivity index (χ1) is 9.58. The van der Waals surface area contributed by atoms with Gasteiger partial charge < -0.3 is 10.4 Å². The Kier molecular flexibility index (Phi) is 2.71. The number of benzene rings is 1. The third kappa shape index (κ3) is 1.82. The SMILES string of the molecule is CC1C(=O)Nc2ncnc(-c3cccc(C(=O)O)c3)c21. The summed E-state index contributed by atoms with van der Waals surface area (Å²) < 4.78 is 0. The lowest BCUT2D eigenvalue weighted by atomic mass is 9.97. The fraction of sp³-hybridized carbons (Fsp3) is 0.143. The zero-order valence-electron chi connectivity index (χ0n) is 10.6. The largest absolute Gasteiger partial charge is 0.478 e. The number of aromatic carboxylic acids is 1. The molecule has 1 aliphatic rings. The van der Waals surface area contributed by atoms with Gasteiger partial charge >= 0.3 is 5.97 Å². The van der Waals surface area contributed by atoms with Gasteiger partial charge in [-0.05, 0) is 19.1 Å². The van der Waals surface area contributed by atoms with Crippen LogP contribution in [0.2, 0.25) is 0 Å². The molecule has 1 unspecified atom stereocenters. The number of hydrogen-bond donors (Lipinski definition) is 2. The van der Waals surface area contributed by atoms with E-state index in [0.717, 1.165) is 0 Å². The lowest BCUT2D eigenvalue weighted by molar-refractivity contribution is -0.116. The van der Waals surface area contributed by atoms with Crippen molar-refractivity contribution >= 4 is 17.7 Å². The van der Waals surface area contributed by atoms with E-state index >= 15 is 0 Å². The van der Waals surface area contributed by atoms with Gasteiger partial charge in [-0.2, -0.15) is 0 Å². The Morgan fingerprint density at radius 3 is 2.90 bits per heavy atom. The highest BCUT2D eigenvalue weighted by molar-refractivity contribution is 6.03. The number of carboxylic acid groups (broad SMARTS) is 1. The predicted molar refractivity (Wildman–Crippen MR) is 71.5 cm³/mol. The van der Waals surface area contributed by atoms with E-state index in [1.807, 2.05) is 0 Å². The van der Waals surface area contributed by atoms with E-state index in [2.05, 4.69) is 15.3 Å². The Hall–Kier alpha value is -2.76. The number of rotatable bonds is 2. The molecule has 0 bridgehead atoms. The summed E-state index contributed by atoms with van der Waals surface area (Å²) in [5, 5.41) is 11.7. The first kappa shape index (κ1) is 12.3. The van der Waals surface area contributed by atoms with Crippen LogP contribution in [-0.4, -0.2) is 27.0 Å². The fourth-order valence-corrected chi connectivity index (χ4v) is 2.29. The average molecular weight is 269 g/mol. The van der Waals surface area contributed by atoms with Gasteiger partial charge in [0.25, 0.3) is 0 Å². The van der Waals surface area contributed by atoms with Gasteiger partial charge in [-0.25, -0.2) is 14.8 Å². The first-order valence-corrected chi connectivity index (χ1v) is 6.07. The normalized spacial score (nSPS) is 16.6. The van der Waals surface area contributed by atoms with Gasteiger partial charge in [0.05, 0.1) is 17.2 Å². The second-order valence-electron chi connectivity index (χ2n) is 4.58. The molecule has 0 spiro atoms. The van der Waals surface area contributed by atoms with Crippen LogP contribution in [0.15, 0.2) is 30.6 Å². The summed E-state index contributed by atoms with van der Waals surface area (Å²) in [5.41, 5.74) is 2.13. The summed E-state index contributed by atoms with van der Waals surface area (Å²) in [4.78, 5) is 31.0. The van der Waals surface area contributed by atoms with Crippen molar-refractivity contribution < 1.29 is 14.7 Å². The Morgan fingerprint density at radius 1 is 1.35 bits per heavy atom. The van der Waals surface area contributed by atoms with E-state index in [1.54, 1.807) is 25.1 Å². The van der Waals surface area contributed by atoms with Gasteiger partial charge in [-0.3, -0.25) is 4.79 Å². The molecule has 1 amide bonds. The lowest BCUT2D eigenvalue weighted by Crippen LogP contribution is -2.08. The van der Waals surface area contributed by atoms with Gasteiger partial charge in [-0.1, -0.05) is 12.1 Å². The molecule has 0 fully saturated rings. The van der Waals surface area contributed by atoms with E-state index in [1.165, 1.54) is 12.4 Å². The molecule has 2 aromatic rings. The van der Waals surface area contributed by atoms with E-state index in [4.69, 9.17) is 5.11 Å². The van der Waals surface area contributed by atoms with Crippen molar-refractivity contribution in [3.63, 3.8) is 0 Å². The van der Waals surface area contributed by atoms with Crippen LogP contribution in [-0.2, 0) is 4.79 Å². The zero-order chi connectivity index (χ0) is 14.3. The molecule has 0 saturated carbocycles. The van der Waals surface area contributed by atoms with Crippen molar-refractivity contribution in [2.45, 2.75) is 12.8 Å². The quantitative estimate of drug-likeness (QED) is 0.868. The molecule has 0 radical (unpaired) electrons. The van der Waals surface area contributed by atoms with Crippen LogP contribution < -0.4 is 5.32 Å². The van der Waals surface area contributed by atoms with E-state index < -0.39 is 5.97 Å². The minimum Gasteiger partial charge on any atom is -0.478 e. The number of hydrogen-bond acceptors (Lipinski definition) is 4. The Morgan fingerprint density at radius 2 is 2.15 bits per heavy atom. The summed E-state index contributed by atoms with van der Waals surface area (Å²) in [7, 11) is 0. The minimum absolute atomic E-state index is 0.129. The molecule has 6 heteroatoms. The van der Waals surface area contributed by atoms with Gasteiger partial charge in [0.15, 0.2) is 0 Å². The molecule has 1 aliphatic heterocycles. The zero-order valence-corrected chi connectivity index (χ0v) is 10.6. The minimum atomic E-state index is -1.00. The highest BCUT2D eigenvalue weighted by Gasteiger charge is 2.31. The second-order valence-corrected chi connectivity index (χ2v) is 4.58. The van der Waals surface area contributed by atoms with Crippen molar-refractivity contribution in [2.24, 2.45) is 0 Å². The van der Waals surface area contributed by atoms with E-state index in [0.29, 0.717) is 22.6 Å². The van der Waals surface area contributed by atoms with Crippen molar-refractivity contribution in [2.75, 3.05) is 5.32 Å². The topological polar surface area (TPSA) is 92.2 Å². The molecule has 1 atom stereocenters. The fourth-order valence-electron chi connectivity index (χ4n) is 2.29. The van der Waals surface area contributed by atoms with Crippen LogP contribution in [0, 0.1) is 0 Å². The Bertz CT molecular complexity index is 727. The molecule has 1 aromatic heterocycles. The summed E-state index contributed by atoms with van der Waals surface area (Å²) in [6.45, 7) is 1.77. The molecular formula is C14H11N3O3. The number of amides is 1. The molecule has 1 aromatic carbocycles. The summed E-state index contributed by atoms with van der Waals surface area (Å²) >= 11 is 0. The molecule has 100 valence electrons. The second kappa shape index (κ2) is 4.41. The maximum absolute atomic E-state index is 11.7. The third-order valence-electron chi connectivity index (χ3n) is 3.33. The molecular weight excluding hydrogens is 258 g/mol. The number of anilines is 1. The van der Waals surface area contributed by atoms with Crippen molar-refractivity contribution in [3.8, 4) is 11.3 Å². The van der Waals surface area contributed by atoms with Gasteiger partial charge in [-0.15, -0.1) is 0 Å². The van der Waals surface area contributed by atoms with Gasteiger partial charge in [0, 0.05) is 11.1 Å². The molecule has 2 heterocycles. The number of carbonyl (C=O) groups excluding carboxylic acids is 1. The Labute approximate surface area is 114 Å². The molecule has 0 saturated heterocycles. The molecule has 0 aliphatic carbocycles. The van der Waals surface area contributed by atoms with Crippen LogP contribution >= 0.6 is 0 Å². The average Bonchev–Trinajstić information content (AvgIpc) is 2.74. The van der Waals surface area contributed by atoms with Crippen LogP contribution in [0.3, 0.4) is 0 Å². The highest BCUT2D eigenvalue weighted by atomic mass is 16.4. The molecule has 2 N–H and O–H groups in total. The van der Waals surface area contributed by atoms with Crippen LogP contribution in [0.5, 0.6) is 0 Å². The number of nitrogens with one attached hydrogen (secondary N) is 1. The number of carbonyl (C=O) groups is 2. The number of carboxylic acids is 1. The van der Waals surface area contributed by atoms with Crippen LogP contribution in [0.25, 0.3) is 11.3 Å². The predicted octanol–water partition coefficient (Wildman–Crippen LogP) is 1.90. The highest BCUT2D eigenvalue weighted by Crippen LogP contribution is 2.36. The number of aromatic nitrogens is 2. The Balaban J connectivity index is 2.18. The van der Waals surface area contributed by atoms with Crippen LogP contribution in [0.1, 0.15) is 28.8 Å². The summed E-state index contributed by atoms with van der Waals surface area (Å²) in [6.07, 6.45) is 1.36.